The lowest BCUT2D eigenvalue weighted by molar-refractivity contribution is -0.254. The van der Waals surface area contributed by atoms with Gasteiger partial charge in [-0.15, -0.1) is 23.2 Å². The lowest BCUT2D eigenvalue weighted by Gasteiger charge is -2.46. The van der Waals surface area contributed by atoms with Crippen molar-refractivity contribution >= 4 is 50.7 Å². The summed E-state index contributed by atoms with van der Waals surface area (Å²) in [4.78, 5) is 41.7. The van der Waals surface area contributed by atoms with E-state index in [9.17, 15) is 38.1 Å². The Kier molecular flexibility index (Phi) is 9.90. The van der Waals surface area contributed by atoms with E-state index in [2.05, 4.69) is 0 Å². The number of alkyl halides is 2. The number of phenolic OH excluding ortho intramolecular Hbond substituents is 2. The number of hydrogen-bond acceptors (Lipinski definition) is 12. The molecule has 1 heterocycles. The molecule has 0 bridgehead atoms. The summed E-state index contributed by atoms with van der Waals surface area (Å²) in [5.41, 5.74) is -2.99. The highest BCUT2D eigenvalue weighted by Crippen LogP contribution is 2.52. The van der Waals surface area contributed by atoms with Gasteiger partial charge in [-0.2, -0.15) is 8.42 Å². The number of ether oxygens (including phenoxy) is 2. The molecule has 2 aromatic rings. The molecule has 6 atom stereocenters. The fraction of sp³-hybridized carbons (Fsp3) is 0.516. The molecule has 2 aliphatic carbocycles. The minimum Gasteiger partial charge on any atom is -0.507 e. The number of carbonyl (C=O) groups excluding carboxylic acids is 3. The highest BCUT2D eigenvalue weighted by atomic mass is 35.5. The third-order valence-electron chi connectivity index (χ3n) is 8.89. The number of phenols is 2. The van der Waals surface area contributed by atoms with Crippen molar-refractivity contribution in [2.45, 2.75) is 69.4 Å². The van der Waals surface area contributed by atoms with Gasteiger partial charge in [-0.25, -0.2) is 0 Å². The number of carbonyl (C=O) groups is 3. The Morgan fingerprint density at radius 2 is 1.63 bits per heavy atom. The lowest BCUT2D eigenvalue weighted by Crippen LogP contribution is -2.58. The molecule has 1 fully saturated rings. The minimum atomic E-state index is -3.92. The summed E-state index contributed by atoms with van der Waals surface area (Å²) in [5, 5.41) is 34.6. The molecule has 0 radical (unpaired) electrons. The summed E-state index contributed by atoms with van der Waals surface area (Å²) in [7, 11) is -3.92. The van der Waals surface area contributed by atoms with Crippen LogP contribution < -0.4 is 0 Å². The molecule has 46 heavy (non-hydrogen) atoms. The van der Waals surface area contributed by atoms with Crippen molar-refractivity contribution in [1.82, 2.24) is 4.90 Å². The molecule has 0 amide bonds. The number of rotatable bonds is 10. The summed E-state index contributed by atoms with van der Waals surface area (Å²) in [6.07, 6.45) is -4.15. The third-order valence-corrected chi connectivity index (χ3v) is 9.80. The first-order valence-electron chi connectivity index (χ1n) is 14.7. The monoisotopic (exact) mass is 699 g/mol. The van der Waals surface area contributed by atoms with E-state index in [4.69, 9.17) is 36.9 Å². The van der Waals surface area contributed by atoms with Gasteiger partial charge in [-0.1, -0.05) is 24.3 Å². The second kappa shape index (κ2) is 13.1. The minimum absolute atomic E-state index is 0.0190. The molecule has 1 unspecified atom stereocenters. The van der Waals surface area contributed by atoms with Crippen LogP contribution in [0, 0.1) is 0 Å². The van der Waals surface area contributed by atoms with Crippen LogP contribution in [0.4, 0.5) is 0 Å². The van der Waals surface area contributed by atoms with Gasteiger partial charge in [0, 0.05) is 72.4 Å². The summed E-state index contributed by atoms with van der Waals surface area (Å²) in [6, 6.07) is 5.38. The Balaban J connectivity index is 1.59. The van der Waals surface area contributed by atoms with Gasteiger partial charge in [-0.05, 0) is 13.8 Å². The van der Waals surface area contributed by atoms with E-state index < -0.39 is 92.8 Å². The number of benzene rings is 2. The number of halogens is 2. The van der Waals surface area contributed by atoms with E-state index in [0.717, 1.165) is 6.26 Å². The predicted octanol–water partition coefficient (Wildman–Crippen LogP) is 2.83. The van der Waals surface area contributed by atoms with Gasteiger partial charge in [0.1, 0.15) is 23.2 Å². The smallest absolute Gasteiger partial charge is 0.264 e. The molecule has 5 rings (SSSR count). The molecule has 1 aliphatic heterocycles. The van der Waals surface area contributed by atoms with Crippen molar-refractivity contribution in [1.29, 1.82) is 0 Å². The van der Waals surface area contributed by atoms with Crippen LogP contribution in [0.1, 0.15) is 75.8 Å². The summed E-state index contributed by atoms with van der Waals surface area (Å²) < 4.78 is 42.2. The summed E-state index contributed by atoms with van der Waals surface area (Å²) >= 11 is 12.1. The van der Waals surface area contributed by atoms with Gasteiger partial charge in [0.15, 0.2) is 23.6 Å². The third kappa shape index (κ3) is 6.31. The zero-order valence-corrected chi connectivity index (χ0v) is 27.7. The molecule has 0 saturated carbocycles. The first-order valence-corrected chi connectivity index (χ1v) is 17.6. The Labute approximate surface area is 276 Å². The second-order valence-electron chi connectivity index (χ2n) is 11.9. The molecule has 15 heteroatoms. The molecular formula is C31H35Cl2NO11S. The van der Waals surface area contributed by atoms with E-state index >= 15 is 0 Å². The molecule has 3 N–H and O–H groups in total. The van der Waals surface area contributed by atoms with E-state index in [0.29, 0.717) is 13.1 Å². The Bertz CT molecular complexity index is 1680. The van der Waals surface area contributed by atoms with Gasteiger partial charge < -0.3 is 24.8 Å². The summed E-state index contributed by atoms with van der Waals surface area (Å²) in [5.74, 6) is -2.88. The number of aliphatic hydroxyl groups is 1. The summed E-state index contributed by atoms with van der Waals surface area (Å²) in [6.45, 7) is 3.43. The first-order chi connectivity index (χ1) is 21.6. The standard InChI is InChI=1S/C31H35Cl2NO11S/c1-15-30(45-46(3,41)42)20(34(10-8-32)11-9-33)12-22(43-15)44-21-14-31(40,16(2)35)13-19-23(21)29(39)25-24(28(19)38)26(36)17-6-4-5-7-18(17)27(25)37/h4-7,15,20-22,30,38-40H,8-14H2,1-3H3/t15-,20-,21-,22-,30?,31-/m0/s1. The fourth-order valence-electron chi connectivity index (χ4n) is 6.72. The van der Waals surface area contributed by atoms with E-state index in [-0.39, 0.29) is 46.9 Å². The molecular weight excluding hydrogens is 665 g/mol. The van der Waals surface area contributed by atoms with Gasteiger partial charge in [-0.3, -0.25) is 23.5 Å². The van der Waals surface area contributed by atoms with Crippen LogP contribution in [0.25, 0.3) is 0 Å². The Morgan fingerprint density at radius 3 is 2.15 bits per heavy atom. The van der Waals surface area contributed by atoms with Crippen LogP contribution in [0.3, 0.4) is 0 Å². The van der Waals surface area contributed by atoms with Crippen molar-refractivity contribution in [3.8, 4) is 11.5 Å². The van der Waals surface area contributed by atoms with Gasteiger partial charge in [0.2, 0.25) is 0 Å². The first kappa shape index (κ1) is 34.7. The largest absolute Gasteiger partial charge is 0.507 e. The number of hydrogen-bond donors (Lipinski definition) is 3. The van der Waals surface area contributed by atoms with Crippen LogP contribution in [-0.4, -0.2) is 107 Å². The molecule has 0 spiro atoms. The quantitative estimate of drug-likeness (QED) is 0.160. The van der Waals surface area contributed by atoms with Crippen LogP contribution >= 0.6 is 23.2 Å². The van der Waals surface area contributed by atoms with Crippen LogP contribution in [-0.2, 0) is 35.0 Å². The van der Waals surface area contributed by atoms with Crippen molar-refractivity contribution in [3.63, 3.8) is 0 Å². The highest BCUT2D eigenvalue weighted by molar-refractivity contribution is 7.86. The van der Waals surface area contributed by atoms with Crippen LogP contribution in [0.15, 0.2) is 24.3 Å². The van der Waals surface area contributed by atoms with Gasteiger partial charge in [0.05, 0.1) is 29.6 Å². The zero-order chi connectivity index (χ0) is 33.7. The molecule has 0 aromatic heterocycles. The lowest BCUT2D eigenvalue weighted by atomic mass is 9.72. The number of ketones is 3. The van der Waals surface area contributed by atoms with E-state index in [1.54, 1.807) is 19.1 Å². The fourth-order valence-corrected chi connectivity index (χ4v) is 7.84. The number of aromatic hydroxyl groups is 2. The average molecular weight is 701 g/mol. The zero-order valence-electron chi connectivity index (χ0n) is 25.4. The van der Waals surface area contributed by atoms with Crippen molar-refractivity contribution in [2.24, 2.45) is 0 Å². The molecule has 12 nitrogen and oxygen atoms in total. The van der Waals surface area contributed by atoms with Crippen molar-refractivity contribution in [3.05, 3.63) is 57.6 Å². The van der Waals surface area contributed by atoms with Gasteiger partial charge in [0.25, 0.3) is 10.1 Å². The Hall–Kier alpha value is -2.62. The topological polar surface area (TPSA) is 177 Å². The average Bonchev–Trinajstić information content (AvgIpc) is 2.98. The maximum absolute atomic E-state index is 13.6. The maximum atomic E-state index is 13.6. The van der Waals surface area contributed by atoms with E-state index in [1.807, 2.05) is 4.90 Å². The van der Waals surface area contributed by atoms with Crippen molar-refractivity contribution < 1.29 is 51.8 Å². The second-order valence-corrected chi connectivity index (χ2v) is 14.2. The molecule has 3 aliphatic rings. The Morgan fingerprint density at radius 1 is 1.07 bits per heavy atom. The molecule has 1 saturated heterocycles. The van der Waals surface area contributed by atoms with Gasteiger partial charge >= 0.3 is 0 Å². The number of nitrogens with zero attached hydrogens (tertiary/aromatic N) is 1. The van der Waals surface area contributed by atoms with Crippen LogP contribution in [0.2, 0.25) is 0 Å². The maximum Gasteiger partial charge on any atom is 0.264 e. The van der Waals surface area contributed by atoms with Crippen LogP contribution in [0.5, 0.6) is 11.5 Å². The molecule has 250 valence electrons. The van der Waals surface area contributed by atoms with E-state index in [1.165, 1.54) is 19.1 Å². The predicted molar refractivity (Wildman–Crippen MR) is 166 cm³/mol. The van der Waals surface area contributed by atoms with Crippen molar-refractivity contribution in [2.75, 3.05) is 31.1 Å². The SMILES string of the molecule is CC(=O)[C@]1(O)Cc2c(O)c3c(c(O)c2[C@@H](O[C@H]2C[C@H](N(CCCl)CCCl)C(OS(C)(=O)=O)[C@H](C)O2)C1)C(=O)c1ccccc1C3=O. The normalized spacial score (nSPS) is 27.7. The number of fused-ring (bicyclic) bond motifs is 3. The molecule has 2 aromatic carbocycles. The highest BCUT2D eigenvalue weighted by Gasteiger charge is 2.50. The number of Topliss-reactive ketones (excluding diaryl/α,β-unsaturated/α-hetero) is 1.